The molecule has 0 saturated carbocycles. The molecule has 4 aromatic rings. The summed E-state index contributed by atoms with van der Waals surface area (Å²) in [4.78, 5) is 22.9. The minimum Gasteiger partial charge on any atom is -0.488 e. The number of hydrogen-bond acceptors (Lipinski definition) is 3. The van der Waals surface area contributed by atoms with E-state index < -0.39 is 17.8 Å². The molecule has 35 heavy (non-hydrogen) atoms. The summed E-state index contributed by atoms with van der Waals surface area (Å²) in [7, 11) is 0. The van der Waals surface area contributed by atoms with Gasteiger partial charge < -0.3 is 19.5 Å². The zero-order valence-corrected chi connectivity index (χ0v) is 19.6. The van der Waals surface area contributed by atoms with Crippen LogP contribution in [-0.4, -0.2) is 26.7 Å². The largest absolute Gasteiger partial charge is 0.488 e. The van der Waals surface area contributed by atoms with Gasteiger partial charge in [-0.1, -0.05) is 35.3 Å². The fourth-order valence-electron chi connectivity index (χ4n) is 3.77. The second-order valence-corrected chi connectivity index (χ2v) is 8.54. The molecule has 0 spiro atoms. The molecule has 0 radical (unpaired) electrons. The number of carboxylic acids is 2. The van der Waals surface area contributed by atoms with E-state index in [-0.39, 0.29) is 23.7 Å². The number of hydrogen-bond donors (Lipinski definition) is 2. The van der Waals surface area contributed by atoms with Crippen LogP contribution in [0.1, 0.15) is 27.0 Å². The Kier molecular flexibility index (Phi) is 7.10. The lowest BCUT2D eigenvalue weighted by molar-refractivity contribution is -0.131. The second-order valence-electron chi connectivity index (χ2n) is 7.67. The quantitative estimate of drug-likeness (QED) is 0.262. The molecular formula is C26H18Cl2FNO5. The van der Waals surface area contributed by atoms with Crippen molar-refractivity contribution in [3.05, 3.63) is 105 Å². The van der Waals surface area contributed by atoms with Gasteiger partial charge >= 0.3 is 11.9 Å². The average molecular weight is 514 g/mol. The summed E-state index contributed by atoms with van der Waals surface area (Å²) in [6.07, 6.45) is 3.97. The van der Waals surface area contributed by atoms with E-state index in [0.717, 1.165) is 6.08 Å². The molecule has 3 aromatic carbocycles. The van der Waals surface area contributed by atoms with Gasteiger partial charge in [0, 0.05) is 49.9 Å². The van der Waals surface area contributed by atoms with E-state index in [0.29, 0.717) is 38.4 Å². The van der Waals surface area contributed by atoms with E-state index in [9.17, 15) is 19.1 Å². The Morgan fingerprint density at radius 2 is 1.74 bits per heavy atom. The molecule has 4 rings (SSSR count). The number of rotatable bonds is 8. The lowest BCUT2D eigenvalue weighted by atomic mass is 10.1. The van der Waals surface area contributed by atoms with Crippen molar-refractivity contribution in [2.75, 3.05) is 0 Å². The fourth-order valence-corrected chi connectivity index (χ4v) is 4.12. The predicted molar refractivity (Wildman–Crippen MR) is 132 cm³/mol. The maximum absolute atomic E-state index is 14.2. The molecule has 0 saturated heterocycles. The zero-order valence-electron chi connectivity index (χ0n) is 18.0. The minimum atomic E-state index is -1.15. The number of carboxylic acid groups (broad SMARTS) is 2. The van der Waals surface area contributed by atoms with Crippen molar-refractivity contribution in [1.82, 2.24) is 4.57 Å². The molecule has 0 bridgehead atoms. The van der Waals surface area contributed by atoms with Crippen LogP contribution in [0.15, 0.2) is 66.9 Å². The molecule has 0 aliphatic rings. The number of halogens is 3. The van der Waals surface area contributed by atoms with Gasteiger partial charge in [-0.05, 0) is 48.5 Å². The monoisotopic (exact) mass is 513 g/mol. The van der Waals surface area contributed by atoms with Crippen LogP contribution in [-0.2, 0) is 17.9 Å². The van der Waals surface area contributed by atoms with E-state index in [4.69, 9.17) is 33.0 Å². The molecule has 1 aromatic heterocycles. The van der Waals surface area contributed by atoms with Crippen molar-refractivity contribution in [3.63, 3.8) is 0 Å². The highest BCUT2D eigenvalue weighted by molar-refractivity contribution is 6.30. The van der Waals surface area contributed by atoms with E-state index >= 15 is 0 Å². The Labute approximate surface area is 209 Å². The van der Waals surface area contributed by atoms with Gasteiger partial charge in [0.1, 0.15) is 18.2 Å². The van der Waals surface area contributed by atoms with E-state index in [2.05, 4.69) is 0 Å². The van der Waals surface area contributed by atoms with Crippen molar-refractivity contribution in [1.29, 1.82) is 0 Å². The lowest BCUT2D eigenvalue weighted by Gasteiger charge is -2.14. The van der Waals surface area contributed by atoms with E-state index in [1.54, 1.807) is 53.2 Å². The average Bonchev–Trinajstić information content (AvgIpc) is 3.15. The van der Waals surface area contributed by atoms with Gasteiger partial charge in [-0.2, -0.15) is 0 Å². The first-order valence-electron chi connectivity index (χ1n) is 10.3. The summed E-state index contributed by atoms with van der Waals surface area (Å²) in [6, 6.07) is 14.2. The van der Waals surface area contributed by atoms with Crippen LogP contribution in [0.5, 0.6) is 5.75 Å². The maximum Gasteiger partial charge on any atom is 0.336 e. The van der Waals surface area contributed by atoms with Crippen LogP contribution in [0, 0.1) is 5.82 Å². The van der Waals surface area contributed by atoms with Crippen LogP contribution >= 0.6 is 23.2 Å². The highest BCUT2D eigenvalue weighted by atomic mass is 35.5. The second kappa shape index (κ2) is 10.2. The topological polar surface area (TPSA) is 88.8 Å². The zero-order chi connectivity index (χ0) is 25.1. The summed E-state index contributed by atoms with van der Waals surface area (Å²) in [5.74, 6) is -2.31. The first-order chi connectivity index (χ1) is 16.7. The van der Waals surface area contributed by atoms with Crippen LogP contribution in [0.3, 0.4) is 0 Å². The molecule has 0 atom stereocenters. The Balaban J connectivity index is 1.73. The molecule has 1 heterocycles. The molecule has 9 heteroatoms. The van der Waals surface area contributed by atoms with Gasteiger partial charge in [-0.3, -0.25) is 0 Å². The fraction of sp³-hybridized carbons (Fsp3) is 0.0769. The standard InChI is InChI=1S/C26H18Cl2FNO5/c27-18-7-8-23(35-14-16-4-6-19(28)11-21(16)29)17(10-18)13-30-12-15(5-9-24(31)32)25-20(26(33)34)2-1-3-22(25)30/h1-12H,13-14H2,(H,31,32)(H,33,34). The van der Waals surface area contributed by atoms with Crippen molar-refractivity contribution < 1.29 is 28.9 Å². The summed E-state index contributed by atoms with van der Waals surface area (Å²) < 4.78 is 21.9. The lowest BCUT2D eigenvalue weighted by Crippen LogP contribution is -2.04. The number of aromatic carboxylic acids is 1. The van der Waals surface area contributed by atoms with Gasteiger partial charge in [-0.25, -0.2) is 14.0 Å². The van der Waals surface area contributed by atoms with Crippen LogP contribution < -0.4 is 4.74 Å². The first-order valence-corrected chi connectivity index (χ1v) is 11.1. The smallest absolute Gasteiger partial charge is 0.336 e. The Hall–Kier alpha value is -3.81. The molecule has 2 N–H and O–H groups in total. The van der Waals surface area contributed by atoms with Gasteiger partial charge in [0.05, 0.1) is 12.1 Å². The molecule has 0 aliphatic heterocycles. The van der Waals surface area contributed by atoms with Crippen molar-refractivity contribution >= 4 is 52.1 Å². The summed E-state index contributed by atoms with van der Waals surface area (Å²) in [6.45, 7) is 0.194. The van der Waals surface area contributed by atoms with Crippen molar-refractivity contribution in [2.45, 2.75) is 13.2 Å². The Morgan fingerprint density at radius 1 is 1.00 bits per heavy atom. The van der Waals surface area contributed by atoms with Gasteiger partial charge in [0.2, 0.25) is 0 Å². The number of fused-ring (bicyclic) bond motifs is 1. The molecule has 0 fully saturated rings. The number of nitrogens with zero attached hydrogens (tertiary/aromatic N) is 1. The Bertz CT molecular complexity index is 1480. The predicted octanol–water partition coefficient (Wildman–Crippen LogP) is 6.51. The molecule has 0 aliphatic carbocycles. The van der Waals surface area contributed by atoms with Crippen LogP contribution in [0.25, 0.3) is 17.0 Å². The number of carbonyl (C=O) groups is 2. The third kappa shape index (κ3) is 5.48. The van der Waals surface area contributed by atoms with E-state index in [1.165, 1.54) is 18.2 Å². The SMILES string of the molecule is O=C(O)C=Cc1cn(Cc2cc(Cl)ccc2OCc2ccc(Cl)cc2F)c2cccc(C(=O)O)c12. The number of aromatic nitrogens is 1. The summed E-state index contributed by atoms with van der Waals surface area (Å²) >= 11 is 12.0. The van der Waals surface area contributed by atoms with E-state index in [1.807, 2.05) is 0 Å². The van der Waals surface area contributed by atoms with Crippen molar-refractivity contribution in [3.8, 4) is 5.75 Å². The highest BCUT2D eigenvalue weighted by Gasteiger charge is 2.17. The van der Waals surface area contributed by atoms with Crippen LogP contribution in [0.2, 0.25) is 10.0 Å². The molecule has 0 unspecified atom stereocenters. The number of ether oxygens (including phenoxy) is 1. The van der Waals surface area contributed by atoms with Gasteiger partial charge in [0.25, 0.3) is 0 Å². The first kappa shape index (κ1) is 24.3. The highest BCUT2D eigenvalue weighted by Crippen LogP contribution is 2.31. The number of aliphatic carboxylic acids is 1. The maximum atomic E-state index is 14.2. The summed E-state index contributed by atoms with van der Waals surface area (Å²) in [5.41, 5.74) is 2.07. The third-order valence-corrected chi connectivity index (χ3v) is 5.80. The third-order valence-electron chi connectivity index (χ3n) is 5.33. The van der Waals surface area contributed by atoms with Gasteiger partial charge in [0.15, 0.2) is 0 Å². The van der Waals surface area contributed by atoms with Gasteiger partial charge in [-0.15, -0.1) is 0 Å². The summed E-state index contributed by atoms with van der Waals surface area (Å²) in [5, 5.41) is 19.9. The number of benzene rings is 3. The molecule has 6 nitrogen and oxygen atoms in total. The molecule has 178 valence electrons. The minimum absolute atomic E-state index is 0.0418. The molecular weight excluding hydrogens is 496 g/mol. The Morgan fingerprint density at radius 3 is 2.46 bits per heavy atom. The molecule has 0 amide bonds. The normalized spacial score (nSPS) is 11.3. The van der Waals surface area contributed by atoms with Crippen LogP contribution in [0.4, 0.5) is 4.39 Å². The van der Waals surface area contributed by atoms with Crippen molar-refractivity contribution in [2.24, 2.45) is 0 Å².